The minimum absolute atomic E-state index is 0.00820. The summed E-state index contributed by atoms with van der Waals surface area (Å²) in [6.07, 6.45) is 1.34. The zero-order valence-electron chi connectivity index (χ0n) is 14.5. The van der Waals surface area contributed by atoms with Gasteiger partial charge in [0, 0.05) is 5.69 Å². The molecule has 2 aromatic rings. The fraction of sp³-hybridized carbons (Fsp3) is 0.278. The Bertz CT molecular complexity index is 976. The Hall–Kier alpha value is -2.09. The summed E-state index contributed by atoms with van der Waals surface area (Å²) >= 11 is 6.07. The highest BCUT2D eigenvalue weighted by molar-refractivity contribution is 7.89. The van der Waals surface area contributed by atoms with Crippen LogP contribution in [0.15, 0.2) is 41.3 Å². The molecule has 3 rings (SSSR count). The first-order valence-corrected chi connectivity index (χ1v) is 10.2. The predicted octanol–water partition coefficient (Wildman–Crippen LogP) is 3.49. The number of primary sulfonamides is 1. The van der Waals surface area contributed by atoms with Crippen molar-refractivity contribution in [3.05, 3.63) is 52.5 Å². The molecule has 1 aliphatic rings. The molecule has 3 N–H and O–H groups in total. The number of benzene rings is 2. The molecular weight excluding hydrogens is 374 g/mol. The number of carbonyl (C=O) groups is 1. The van der Waals surface area contributed by atoms with Gasteiger partial charge in [0.15, 0.2) is 0 Å². The van der Waals surface area contributed by atoms with E-state index in [1.165, 1.54) is 12.1 Å². The number of fused-ring (bicyclic) bond motifs is 1. The molecule has 1 heterocycles. The van der Waals surface area contributed by atoms with Crippen molar-refractivity contribution < 1.29 is 13.2 Å². The average Bonchev–Trinajstić information content (AvgIpc) is 2.55. The number of rotatable bonds is 4. The summed E-state index contributed by atoms with van der Waals surface area (Å²) < 4.78 is 23.5. The number of amides is 1. The highest BCUT2D eigenvalue weighted by atomic mass is 35.5. The second-order valence-electron chi connectivity index (χ2n) is 6.28. The Morgan fingerprint density at radius 2 is 1.96 bits per heavy atom. The molecule has 0 spiro atoms. The summed E-state index contributed by atoms with van der Waals surface area (Å²) in [5.41, 5.74) is 2.47. The molecule has 1 amide bonds. The molecule has 0 bridgehead atoms. The Balaban J connectivity index is 2.18. The van der Waals surface area contributed by atoms with Gasteiger partial charge < -0.3 is 5.32 Å². The van der Waals surface area contributed by atoms with Crippen molar-refractivity contribution in [1.29, 1.82) is 0 Å². The topological polar surface area (TPSA) is 92.5 Å². The van der Waals surface area contributed by atoms with Gasteiger partial charge in [0.05, 0.1) is 16.3 Å². The van der Waals surface area contributed by atoms with Crippen LogP contribution >= 0.6 is 11.6 Å². The largest absolute Gasteiger partial charge is 0.364 e. The van der Waals surface area contributed by atoms with Gasteiger partial charge in [-0.05, 0) is 37.1 Å². The van der Waals surface area contributed by atoms with Crippen molar-refractivity contribution in [3.8, 4) is 0 Å². The smallest absolute Gasteiger partial charge is 0.262 e. The number of nitrogens with two attached hydrogens (primary N) is 1. The van der Waals surface area contributed by atoms with Crippen molar-refractivity contribution in [3.63, 3.8) is 0 Å². The van der Waals surface area contributed by atoms with Gasteiger partial charge in [-0.1, -0.05) is 43.1 Å². The number of hydrogen-bond acceptors (Lipinski definition) is 4. The number of anilines is 2. The molecule has 26 heavy (non-hydrogen) atoms. The normalized spacial score (nSPS) is 17.0. The second-order valence-corrected chi connectivity index (χ2v) is 8.22. The lowest BCUT2D eigenvalue weighted by molar-refractivity contribution is 0.0973. The molecule has 0 aromatic heterocycles. The van der Waals surface area contributed by atoms with Crippen LogP contribution in [0.25, 0.3) is 0 Å². The molecule has 138 valence electrons. The van der Waals surface area contributed by atoms with Gasteiger partial charge in [-0.15, -0.1) is 0 Å². The SMILES string of the molecule is CCCC1Nc2cc(Cl)c(S(N)(=O)=O)cc2C(=O)N1c1ccccc1C. The van der Waals surface area contributed by atoms with Gasteiger partial charge in [0.25, 0.3) is 5.91 Å². The van der Waals surface area contributed by atoms with Gasteiger partial charge in [0.2, 0.25) is 10.0 Å². The maximum atomic E-state index is 13.3. The first-order chi connectivity index (χ1) is 12.2. The third-order valence-electron chi connectivity index (χ3n) is 4.40. The van der Waals surface area contributed by atoms with Gasteiger partial charge in [0.1, 0.15) is 11.1 Å². The number of hydrogen-bond donors (Lipinski definition) is 2. The molecule has 0 aliphatic carbocycles. The molecule has 2 aromatic carbocycles. The lowest BCUT2D eigenvalue weighted by atomic mass is 10.0. The third-order valence-corrected chi connectivity index (χ3v) is 5.77. The molecule has 1 atom stereocenters. The van der Waals surface area contributed by atoms with Crippen LogP contribution < -0.4 is 15.4 Å². The number of halogens is 1. The standard InChI is InChI=1S/C18H20ClN3O3S/c1-3-6-17-21-14-10-13(19)16(26(20,24)25)9-12(14)18(23)22(17)15-8-5-4-7-11(15)2/h4-5,7-10,17,21H,3,6H2,1-2H3,(H2,20,24,25). The second kappa shape index (κ2) is 6.90. The van der Waals surface area contributed by atoms with Crippen LogP contribution in [-0.4, -0.2) is 20.5 Å². The van der Waals surface area contributed by atoms with E-state index in [0.717, 1.165) is 24.1 Å². The van der Waals surface area contributed by atoms with Gasteiger partial charge in [-0.2, -0.15) is 0 Å². The summed E-state index contributed by atoms with van der Waals surface area (Å²) in [4.78, 5) is 14.7. The Morgan fingerprint density at radius 3 is 2.58 bits per heavy atom. The van der Waals surface area contributed by atoms with Crippen LogP contribution in [-0.2, 0) is 10.0 Å². The van der Waals surface area contributed by atoms with Gasteiger partial charge in [-0.3, -0.25) is 9.69 Å². The highest BCUT2D eigenvalue weighted by Gasteiger charge is 2.34. The first kappa shape index (κ1) is 18.7. The van der Waals surface area contributed by atoms with E-state index in [4.69, 9.17) is 16.7 Å². The number of para-hydroxylation sites is 1. The van der Waals surface area contributed by atoms with Crippen LogP contribution in [0.1, 0.15) is 35.7 Å². The molecule has 1 aliphatic heterocycles. The minimum atomic E-state index is -4.03. The average molecular weight is 394 g/mol. The van der Waals surface area contributed by atoms with Crippen LogP contribution in [0, 0.1) is 6.92 Å². The lowest BCUT2D eigenvalue weighted by Crippen LogP contribution is -2.49. The fourth-order valence-electron chi connectivity index (χ4n) is 3.17. The van der Waals surface area contributed by atoms with Crippen LogP contribution in [0.3, 0.4) is 0 Å². The first-order valence-electron chi connectivity index (χ1n) is 8.26. The molecule has 0 saturated heterocycles. The Kier molecular flexibility index (Phi) is 4.96. The van der Waals surface area contributed by atoms with Crippen LogP contribution in [0.2, 0.25) is 5.02 Å². The summed E-state index contributed by atoms with van der Waals surface area (Å²) in [6.45, 7) is 3.97. The minimum Gasteiger partial charge on any atom is -0.364 e. The number of carbonyl (C=O) groups excluding carboxylic acids is 1. The molecule has 0 fully saturated rings. The molecular formula is C18H20ClN3O3S. The van der Waals surface area contributed by atoms with Crippen molar-refractivity contribution in [2.24, 2.45) is 5.14 Å². The van der Waals surface area contributed by atoms with E-state index in [1.54, 1.807) is 4.90 Å². The molecule has 6 nitrogen and oxygen atoms in total. The van der Waals surface area contributed by atoms with E-state index in [2.05, 4.69) is 5.32 Å². The number of sulfonamides is 1. The molecule has 0 saturated carbocycles. The van der Waals surface area contributed by atoms with Crippen molar-refractivity contribution in [2.45, 2.75) is 37.8 Å². The highest BCUT2D eigenvalue weighted by Crippen LogP contribution is 2.36. The Labute approximate surface area is 158 Å². The summed E-state index contributed by atoms with van der Waals surface area (Å²) in [6, 6.07) is 10.3. The van der Waals surface area contributed by atoms with Crippen LogP contribution in [0.5, 0.6) is 0 Å². The van der Waals surface area contributed by atoms with Gasteiger partial charge >= 0.3 is 0 Å². The third kappa shape index (κ3) is 3.30. The molecule has 8 heteroatoms. The predicted molar refractivity (Wildman–Crippen MR) is 103 cm³/mol. The van der Waals surface area contributed by atoms with E-state index in [-0.39, 0.29) is 27.6 Å². The van der Waals surface area contributed by atoms with Crippen molar-refractivity contribution in [1.82, 2.24) is 0 Å². The summed E-state index contributed by atoms with van der Waals surface area (Å²) in [7, 11) is -4.03. The fourth-order valence-corrected chi connectivity index (χ4v) is 4.27. The zero-order valence-corrected chi connectivity index (χ0v) is 16.1. The number of nitrogens with zero attached hydrogens (tertiary/aromatic N) is 1. The zero-order chi connectivity index (χ0) is 19.1. The summed E-state index contributed by atoms with van der Waals surface area (Å²) in [5.74, 6) is -0.284. The lowest BCUT2D eigenvalue weighted by Gasteiger charge is -2.38. The molecule has 1 unspecified atom stereocenters. The summed E-state index contributed by atoms with van der Waals surface area (Å²) in [5, 5.41) is 8.52. The maximum Gasteiger partial charge on any atom is 0.262 e. The number of aryl methyl sites for hydroxylation is 1. The quantitative estimate of drug-likeness (QED) is 0.831. The van der Waals surface area contributed by atoms with Crippen molar-refractivity contribution in [2.75, 3.05) is 10.2 Å². The number of nitrogens with one attached hydrogen (secondary N) is 1. The van der Waals surface area contributed by atoms with E-state index in [9.17, 15) is 13.2 Å². The van der Waals surface area contributed by atoms with E-state index in [1.807, 2.05) is 38.1 Å². The van der Waals surface area contributed by atoms with E-state index in [0.29, 0.717) is 5.69 Å². The van der Waals surface area contributed by atoms with Crippen molar-refractivity contribution >= 4 is 38.9 Å². The monoisotopic (exact) mass is 393 g/mol. The van der Waals surface area contributed by atoms with Crippen LogP contribution in [0.4, 0.5) is 11.4 Å². The maximum absolute atomic E-state index is 13.3. The van der Waals surface area contributed by atoms with Gasteiger partial charge in [-0.25, -0.2) is 13.6 Å². The Morgan fingerprint density at radius 1 is 1.27 bits per heavy atom. The van der Waals surface area contributed by atoms with E-state index >= 15 is 0 Å². The molecule has 0 radical (unpaired) electrons. The van der Waals surface area contributed by atoms with E-state index < -0.39 is 10.0 Å².